The van der Waals surface area contributed by atoms with E-state index in [1.807, 2.05) is 12.1 Å². The van der Waals surface area contributed by atoms with E-state index in [0.717, 1.165) is 31.9 Å². The van der Waals surface area contributed by atoms with Gasteiger partial charge in [-0.2, -0.15) is 0 Å². The van der Waals surface area contributed by atoms with Gasteiger partial charge >= 0.3 is 0 Å². The van der Waals surface area contributed by atoms with Gasteiger partial charge in [-0.1, -0.05) is 12.1 Å². The predicted octanol–water partition coefficient (Wildman–Crippen LogP) is 1.92. The quantitative estimate of drug-likeness (QED) is 0.771. The van der Waals surface area contributed by atoms with Crippen LogP contribution in [0.3, 0.4) is 0 Å². The third-order valence-corrected chi connectivity index (χ3v) is 3.89. The number of phenols is 1. The van der Waals surface area contributed by atoms with Gasteiger partial charge in [0, 0.05) is 18.0 Å². The standard InChI is InChI=1S/C13H19NO2.C2H4O2/c1-13(7-4-8-14(13)2)11-5-3-6-12(16)10(11)9-15;1-2(3)4/h3,5-6,15-16H,4,7-9H2,1-2H3;1H3,(H,3,4). The number of carboxylic acids is 1. The molecule has 0 bridgehead atoms. The number of nitrogens with zero attached hydrogens (tertiary/aromatic N) is 1. The molecule has 5 nitrogen and oxygen atoms in total. The summed E-state index contributed by atoms with van der Waals surface area (Å²) < 4.78 is 0. The van der Waals surface area contributed by atoms with E-state index in [9.17, 15) is 10.2 Å². The summed E-state index contributed by atoms with van der Waals surface area (Å²) in [6.07, 6.45) is 2.23. The molecule has 0 spiro atoms. The highest BCUT2D eigenvalue weighted by molar-refractivity contribution is 5.62. The molecule has 1 aliphatic heterocycles. The molecule has 1 aromatic rings. The Morgan fingerprint density at radius 2 is 2.05 bits per heavy atom. The molecule has 0 amide bonds. The Balaban J connectivity index is 0.000000444. The topological polar surface area (TPSA) is 81.0 Å². The van der Waals surface area contributed by atoms with Crippen LogP contribution in [-0.4, -0.2) is 39.8 Å². The number of carbonyl (C=O) groups is 1. The fourth-order valence-corrected chi connectivity index (χ4v) is 2.68. The first kappa shape index (κ1) is 16.5. The normalized spacial score (nSPS) is 22.2. The highest BCUT2D eigenvalue weighted by atomic mass is 16.4. The molecule has 1 fully saturated rings. The van der Waals surface area contributed by atoms with Gasteiger partial charge in [0.05, 0.1) is 6.61 Å². The molecule has 0 aromatic heterocycles. The predicted molar refractivity (Wildman–Crippen MR) is 76.6 cm³/mol. The molecular weight excluding hydrogens is 258 g/mol. The van der Waals surface area contributed by atoms with Crippen molar-refractivity contribution in [2.75, 3.05) is 13.6 Å². The number of aliphatic hydroxyl groups is 1. The molecule has 112 valence electrons. The van der Waals surface area contributed by atoms with E-state index < -0.39 is 5.97 Å². The second kappa shape index (κ2) is 6.72. The van der Waals surface area contributed by atoms with Gasteiger partial charge in [-0.05, 0) is 45.0 Å². The number of aliphatic carboxylic acids is 1. The van der Waals surface area contributed by atoms with Crippen molar-refractivity contribution in [3.8, 4) is 5.75 Å². The number of aliphatic hydroxyl groups excluding tert-OH is 1. The van der Waals surface area contributed by atoms with E-state index in [1.165, 1.54) is 0 Å². The Kier molecular flexibility index (Phi) is 5.53. The molecule has 2 rings (SSSR count). The van der Waals surface area contributed by atoms with Gasteiger partial charge in [0.15, 0.2) is 0 Å². The Morgan fingerprint density at radius 1 is 1.45 bits per heavy atom. The molecule has 0 aliphatic carbocycles. The van der Waals surface area contributed by atoms with E-state index >= 15 is 0 Å². The van der Waals surface area contributed by atoms with Gasteiger partial charge in [0.25, 0.3) is 5.97 Å². The fourth-order valence-electron chi connectivity index (χ4n) is 2.68. The van der Waals surface area contributed by atoms with Crippen LogP contribution in [0.25, 0.3) is 0 Å². The summed E-state index contributed by atoms with van der Waals surface area (Å²) in [4.78, 5) is 11.3. The number of benzene rings is 1. The fraction of sp³-hybridized carbons (Fsp3) is 0.533. The monoisotopic (exact) mass is 281 g/mol. The van der Waals surface area contributed by atoms with E-state index in [4.69, 9.17) is 9.90 Å². The van der Waals surface area contributed by atoms with Gasteiger partial charge in [-0.3, -0.25) is 9.69 Å². The summed E-state index contributed by atoms with van der Waals surface area (Å²) in [6.45, 7) is 4.22. The van der Waals surface area contributed by atoms with E-state index in [1.54, 1.807) is 6.07 Å². The number of carboxylic acid groups (broad SMARTS) is 1. The summed E-state index contributed by atoms with van der Waals surface area (Å²) in [5, 5.41) is 26.6. The average Bonchev–Trinajstić information content (AvgIpc) is 2.70. The van der Waals surface area contributed by atoms with Crippen molar-refractivity contribution in [1.29, 1.82) is 0 Å². The van der Waals surface area contributed by atoms with Crippen LogP contribution in [0, 0.1) is 0 Å². The molecule has 1 aliphatic rings. The lowest BCUT2D eigenvalue weighted by atomic mass is 9.86. The molecule has 1 unspecified atom stereocenters. The number of aromatic hydroxyl groups is 1. The van der Waals surface area contributed by atoms with Crippen molar-refractivity contribution < 1.29 is 20.1 Å². The van der Waals surface area contributed by atoms with E-state index in [-0.39, 0.29) is 17.9 Å². The van der Waals surface area contributed by atoms with Crippen molar-refractivity contribution in [1.82, 2.24) is 4.90 Å². The molecule has 3 N–H and O–H groups in total. The molecule has 1 atom stereocenters. The van der Waals surface area contributed by atoms with Crippen LogP contribution in [0.5, 0.6) is 5.75 Å². The van der Waals surface area contributed by atoms with Crippen molar-refractivity contribution >= 4 is 5.97 Å². The van der Waals surface area contributed by atoms with Crippen LogP contribution in [0.15, 0.2) is 18.2 Å². The van der Waals surface area contributed by atoms with Crippen LogP contribution in [0.1, 0.15) is 37.8 Å². The molecule has 1 saturated heterocycles. The molecule has 5 heteroatoms. The van der Waals surface area contributed by atoms with Gasteiger partial charge in [0.2, 0.25) is 0 Å². The zero-order valence-corrected chi connectivity index (χ0v) is 12.3. The zero-order valence-electron chi connectivity index (χ0n) is 12.3. The van der Waals surface area contributed by atoms with Crippen molar-refractivity contribution in [2.45, 2.75) is 38.8 Å². The van der Waals surface area contributed by atoms with Crippen LogP contribution < -0.4 is 0 Å². The lowest BCUT2D eigenvalue weighted by molar-refractivity contribution is -0.134. The molecule has 1 heterocycles. The van der Waals surface area contributed by atoms with Crippen LogP contribution >= 0.6 is 0 Å². The minimum Gasteiger partial charge on any atom is -0.508 e. The third kappa shape index (κ3) is 3.49. The Bertz CT molecular complexity index is 471. The first-order valence-corrected chi connectivity index (χ1v) is 6.66. The van der Waals surface area contributed by atoms with Gasteiger partial charge in [-0.25, -0.2) is 0 Å². The first-order chi connectivity index (χ1) is 9.32. The van der Waals surface area contributed by atoms with Crippen molar-refractivity contribution in [3.05, 3.63) is 29.3 Å². The minimum absolute atomic E-state index is 0.0587. The van der Waals surface area contributed by atoms with E-state index in [2.05, 4.69) is 18.9 Å². The second-order valence-electron chi connectivity index (χ2n) is 5.28. The molecule has 0 saturated carbocycles. The number of likely N-dealkylation sites (tertiary alicyclic amines) is 1. The summed E-state index contributed by atoms with van der Waals surface area (Å²) in [5.41, 5.74) is 1.66. The lowest BCUT2D eigenvalue weighted by Crippen LogP contribution is -2.36. The van der Waals surface area contributed by atoms with Gasteiger partial charge in [0.1, 0.15) is 5.75 Å². The highest BCUT2D eigenvalue weighted by Crippen LogP contribution is 2.40. The first-order valence-electron chi connectivity index (χ1n) is 6.66. The summed E-state index contributed by atoms with van der Waals surface area (Å²) in [7, 11) is 2.10. The van der Waals surface area contributed by atoms with Crippen molar-refractivity contribution in [3.63, 3.8) is 0 Å². The number of hydrogen-bond donors (Lipinski definition) is 3. The molecular formula is C15H23NO4. The number of hydrogen-bond acceptors (Lipinski definition) is 4. The van der Waals surface area contributed by atoms with Crippen LogP contribution in [0.4, 0.5) is 0 Å². The SMILES string of the molecule is CC(=O)O.CN1CCCC1(C)c1cccc(O)c1CO. The van der Waals surface area contributed by atoms with Gasteiger partial charge in [-0.15, -0.1) is 0 Å². The maximum atomic E-state index is 9.77. The third-order valence-electron chi connectivity index (χ3n) is 3.89. The largest absolute Gasteiger partial charge is 0.508 e. The Labute approximate surface area is 119 Å². The second-order valence-corrected chi connectivity index (χ2v) is 5.28. The molecule has 0 radical (unpaired) electrons. The molecule has 1 aromatic carbocycles. The maximum Gasteiger partial charge on any atom is 0.300 e. The average molecular weight is 281 g/mol. The Morgan fingerprint density at radius 3 is 2.50 bits per heavy atom. The Hall–Kier alpha value is -1.59. The minimum atomic E-state index is -0.833. The van der Waals surface area contributed by atoms with Gasteiger partial charge < -0.3 is 15.3 Å². The maximum absolute atomic E-state index is 9.77. The number of rotatable bonds is 2. The van der Waals surface area contributed by atoms with Crippen molar-refractivity contribution in [2.24, 2.45) is 0 Å². The summed E-state index contributed by atoms with van der Waals surface area (Å²) >= 11 is 0. The van der Waals surface area contributed by atoms with E-state index in [0.29, 0.717) is 5.56 Å². The summed E-state index contributed by atoms with van der Waals surface area (Å²) in [6, 6.07) is 5.49. The summed E-state index contributed by atoms with van der Waals surface area (Å²) in [5.74, 6) is -0.637. The zero-order chi connectivity index (χ0) is 15.3. The highest BCUT2D eigenvalue weighted by Gasteiger charge is 2.37. The molecule has 20 heavy (non-hydrogen) atoms. The van der Waals surface area contributed by atoms with Crippen LogP contribution in [-0.2, 0) is 16.9 Å². The van der Waals surface area contributed by atoms with Crippen LogP contribution in [0.2, 0.25) is 0 Å². The smallest absolute Gasteiger partial charge is 0.300 e. The lowest BCUT2D eigenvalue weighted by Gasteiger charge is -2.34.